The molecule has 61 heavy (non-hydrogen) atoms. The zero-order valence-electron chi connectivity index (χ0n) is 37.8. The van der Waals surface area contributed by atoms with Gasteiger partial charge in [-0.3, -0.25) is 28.8 Å². The molecule has 0 spiro atoms. The maximum atomic E-state index is 11.0. The summed E-state index contributed by atoms with van der Waals surface area (Å²) >= 11 is 0. The summed E-state index contributed by atoms with van der Waals surface area (Å²) in [6.45, 7) is 21.1. The van der Waals surface area contributed by atoms with Gasteiger partial charge in [0.1, 0.15) is 5.78 Å². The van der Waals surface area contributed by atoms with Crippen molar-refractivity contribution >= 4 is 41.6 Å². The molecule has 0 aromatic heterocycles. The number of hydrogen-bond donors (Lipinski definition) is 11. The molecule has 11 unspecified atom stereocenters. The van der Waals surface area contributed by atoms with Crippen LogP contribution in [0, 0.1) is 64.6 Å². The molecule has 0 radical (unpaired) electrons. The van der Waals surface area contributed by atoms with E-state index in [0.717, 1.165) is 25.7 Å². The molecule has 11 atom stereocenters. The van der Waals surface area contributed by atoms with Crippen LogP contribution in [0.4, 0.5) is 0 Å². The van der Waals surface area contributed by atoms with Gasteiger partial charge in [0.15, 0.2) is 0 Å². The molecule has 2 fully saturated rings. The summed E-state index contributed by atoms with van der Waals surface area (Å²) in [6, 6.07) is 0. The first kappa shape index (κ1) is 63.5. The second kappa shape index (κ2) is 33.5. The monoisotopic (exact) mass is 883 g/mol. The van der Waals surface area contributed by atoms with Gasteiger partial charge in [-0.15, -0.1) is 0 Å². The third-order valence-electron chi connectivity index (χ3n) is 11.6. The number of Topliss-reactive ketones (excluding diaryl/α,β-unsaturated/α-hetero) is 1. The zero-order valence-corrected chi connectivity index (χ0v) is 37.8. The van der Waals surface area contributed by atoms with Gasteiger partial charge in [0, 0.05) is 17.8 Å². The number of aliphatic carboxylic acids is 6. The Hall–Kier alpha value is -4.13. The summed E-state index contributed by atoms with van der Waals surface area (Å²) in [4.78, 5) is 73.2. The van der Waals surface area contributed by atoms with Crippen LogP contribution in [0.3, 0.4) is 0 Å². The van der Waals surface area contributed by atoms with Gasteiger partial charge >= 0.3 is 35.8 Å². The van der Waals surface area contributed by atoms with Gasteiger partial charge < -0.3 is 61.0 Å². The van der Waals surface area contributed by atoms with Gasteiger partial charge in [-0.25, -0.2) is 0 Å². The molecule has 18 nitrogen and oxygen atoms in total. The van der Waals surface area contributed by atoms with E-state index in [9.17, 15) is 38.7 Å². The number of hydrogen-bond acceptors (Lipinski definition) is 12. The van der Waals surface area contributed by atoms with Gasteiger partial charge in [-0.1, -0.05) is 68.9 Å². The number of carboxylic acids is 6. The molecule has 0 amide bonds. The van der Waals surface area contributed by atoms with Gasteiger partial charge in [0.25, 0.3) is 0 Å². The minimum absolute atomic E-state index is 0.0242. The van der Waals surface area contributed by atoms with Crippen molar-refractivity contribution in [2.24, 2.45) is 64.6 Å². The molecule has 2 rings (SSSR count). The largest absolute Gasteiger partial charge is 0.513 e. The second-order valence-corrected chi connectivity index (χ2v) is 16.4. The van der Waals surface area contributed by atoms with Crippen molar-refractivity contribution < 1.29 is 89.7 Å². The van der Waals surface area contributed by atoms with E-state index in [-0.39, 0.29) is 49.1 Å². The highest BCUT2D eigenvalue weighted by Gasteiger charge is 2.39. The van der Waals surface area contributed by atoms with Crippen LogP contribution >= 0.6 is 0 Å². The molecular formula is C43H78O18. The van der Waals surface area contributed by atoms with Crippen LogP contribution < -0.4 is 0 Å². The number of carbonyl (C=O) groups excluding carboxylic acids is 1. The molecule has 2 aliphatic carbocycles. The minimum Gasteiger partial charge on any atom is -0.513 e. The molecule has 0 saturated heterocycles. The summed E-state index contributed by atoms with van der Waals surface area (Å²) in [5.41, 5.74) is -0.222. The van der Waals surface area contributed by atoms with E-state index >= 15 is 0 Å². The fraction of sp³-hybridized carbons (Fsp3) is 0.791. The fourth-order valence-corrected chi connectivity index (χ4v) is 6.01. The van der Waals surface area contributed by atoms with Crippen LogP contribution in [0.25, 0.3) is 0 Å². The number of allylic oxidation sites excluding steroid dienone is 1. The SMILES string of the molecule is C=C(O)C1CC(C)C(C)CC1C(=O)O.CC(=O)CC(C)C(=O)O.CC(C(=O)O)C(C)C(=O)O.CC1CCC(C(=O)O)C(C(=O)O)C1.CCC(CC)(CO)CO.CCC(O)CO. The van der Waals surface area contributed by atoms with Crippen LogP contribution in [-0.2, 0) is 33.6 Å². The summed E-state index contributed by atoms with van der Waals surface area (Å²) in [6.07, 6.45) is 5.12. The third-order valence-corrected chi connectivity index (χ3v) is 11.6. The number of aliphatic hydroxyl groups is 5. The lowest BCUT2D eigenvalue weighted by Gasteiger charge is -2.36. The topological polar surface area (TPSA) is 342 Å². The van der Waals surface area contributed by atoms with E-state index in [2.05, 4.69) is 20.4 Å². The Kier molecular flexibility index (Phi) is 34.9. The highest BCUT2D eigenvalue weighted by Crippen LogP contribution is 2.40. The summed E-state index contributed by atoms with van der Waals surface area (Å²) in [5.74, 6) is -8.97. The third kappa shape index (κ3) is 27.4. The minimum atomic E-state index is -1.07. The highest BCUT2D eigenvalue weighted by molar-refractivity contribution is 5.82. The average molecular weight is 883 g/mol. The molecule has 0 aliphatic heterocycles. The molecule has 2 aliphatic rings. The van der Waals surface area contributed by atoms with Crippen molar-refractivity contribution in [2.45, 2.75) is 133 Å². The van der Waals surface area contributed by atoms with Crippen molar-refractivity contribution in [2.75, 3.05) is 19.8 Å². The smallest absolute Gasteiger partial charge is 0.307 e. The van der Waals surface area contributed by atoms with E-state index in [1.165, 1.54) is 27.7 Å². The molecule has 11 N–H and O–H groups in total. The lowest BCUT2D eigenvalue weighted by Crippen LogP contribution is -2.35. The number of aliphatic hydroxyl groups excluding tert-OH is 5. The molecule has 18 heteroatoms. The average Bonchev–Trinajstić information content (AvgIpc) is 3.19. The highest BCUT2D eigenvalue weighted by atomic mass is 16.4. The molecular weight excluding hydrogens is 804 g/mol. The predicted molar refractivity (Wildman–Crippen MR) is 225 cm³/mol. The van der Waals surface area contributed by atoms with E-state index in [0.29, 0.717) is 43.4 Å². The number of carbonyl (C=O) groups is 7. The van der Waals surface area contributed by atoms with E-state index in [1.807, 2.05) is 27.7 Å². The first-order valence-electron chi connectivity index (χ1n) is 20.8. The van der Waals surface area contributed by atoms with Crippen molar-refractivity contribution in [3.8, 4) is 0 Å². The summed E-state index contributed by atoms with van der Waals surface area (Å²) in [7, 11) is 0. The lowest BCUT2D eigenvalue weighted by atomic mass is 9.69. The van der Waals surface area contributed by atoms with Gasteiger partial charge in [-0.2, -0.15) is 0 Å². The molecule has 0 heterocycles. The normalized spacial score (nSPS) is 23.6. The van der Waals surface area contributed by atoms with Crippen molar-refractivity contribution in [3.63, 3.8) is 0 Å². The van der Waals surface area contributed by atoms with Gasteiger partial charge in [-0.05, 0) is 76.0 Å². The Morgan fingerprint density at radius 1 is 0.607 bits per heavy atom. The lowest BCUT2D eigenvalue weighted by molar-refractivity contribution is -0.156. The Bertz CT molecular complexity index is 1260. The van der Waals surface area contributed by atoms with E-state index in [1.54, 1.807) is 0 Å². The number of ketones is 1. The first-order valence-corrected chi connectivity index (χ1v) is 20.8. The maximum Gasteiger partial charge on any atom is 0.307 e. The van der Waals surface area contributed by atoms with Crippen LogP contribution in [0.2, 0.25) is 0 Å². The van der Waals surface area contributed by atoms with E-state index < -0.39 is 77.4 Å². The Balaban J connectivity index is -0.000000326. The Labute approximate surface area is 360 Å². The standard InChI is InChI=1S/C11H18O3.C9H14O4.C7H16O2.C6H10O4.C6H10O3.C4H10O2/c1-6-4-9(8(3)12)10(11(13)14)5-7(6)2;1-5-2-3-6(8(10)11)7(4-5)9(12)13;1-3-7(4-2,5-8)6-9;1-3(5(7)8)4(2)6(9)10;1-4(6(8)9)3-5(2)7;1-2-4(6)3-5/h6-7,9-10,12H,3-5H2,1-2H3,(H,13,14);5-7H,2-4H2,1H3,(H,10,11)(H,12,13);8-9H,3-6H2,1-2H3;3-4H,1-2H3,(H,7,8)(H,9,10);4H,3H2,1-2H3,(H,8,9);4-6H,2-3H2,1H3. The number of rotatable bonds is 16. The first-order chi connectivity index (χ1) is 28.0. The van der Waals surface area contributed by atoms with Crippen molar-refractivity contribution in [1.29, 1.82) is 0 Å². The molecule has 0 aromatic rings. The molecule has 0 aromatic carbocycles. The summed E-state index contributed by atoms with van der Waals surface area (Å²) < 4.78 is 0. The van der Waals surface area contributed by atoms with Crippen LogP contribution in [0.15, 0.2) is 12.3 Å². The van der Waals surface area contributed by atoms with Crippen molar-refractivity contribution in [3.05, 3.63) is 12.3 Å². The van der Waals surface area contributed by atoms with Gasteiger partial charge in [0.05, 0.1) is 67.2 Å². The fourth-order valence-electron chi connectivity index (χ4n) is 6.01. The Morgan fingerprint density at radius 2 is 0.984 bits per heavy atom. The molecule has 2 saturated carbocycles. The van der Waals surface area contributed by atoms with E-state index in [4.69, 9.17) is 51.1 Å². The zero-order chi connectivity index (χ0) is 49.0. The van der Waals surface area contributed by atoms with Gasteiger partial charge in [0.2, 0.25) is 0 Å². The predicted octanol–water partition coefficient (Wildman–Crippen LogP) is 5.29. The second-order valence-electron chi connectivity index (χ2n) is 16.4. The molecule has 0 bridgehead atoms. The molecule has 358 valence electrons. The number of carboxylic acid groups (broad SMARTS) is 6. The van der Waals surface area contributed by atoms with Crippen LogP contribution in [-0.4, -0.2) is 124 Å². The van der Waals surface area contributed by atoms with Crippen LogP contribution in [0.1, 0.15) is 127 Å². The summed E-state index contributed by atoms with van der Waals surface area (Å²) in [5, 5.41) is 95.0. The maximum absolute atomic E-state index is 11.0. The quantitative estimate of drug-likeness (QED) is 0.0877. The van der Waals surface area contributed by atoms with Crippen LogP contribution in [0.5, 0.6) is 0 Å². The Morgan fingerprint density at radius 3 is 1.20 bits per heavy atom. The van der Waals surface area contributed by atoms with Crippen molar-refractivity contribution in [1.82, 2.24) is 0 Å².